The van der Waals surface area contributed by atoms with E-state index in [4.69, 9.17) is 23.7 Å². The number of fused-ring (bicyclic) bond motifs is 1. The number of hydrogen-bond acceptors (Lipinski definition) is 7. The smallest absolute Gasteiger partial charge is 0.341 e. The summed E-state index contributed by atoms with van der Waals surface area (Å²) in [6.07, 6.45) is 4.85. The van der Waals surface area contributed by atoms with Gasteiger partial charge in [-0.15, -0.1) is 0 Å². The van der Waals surface area contributed by atoms with Gasteiger partial charge in [-0.2, -0.15) is 4.39 Å². The van der Waals surface area contributed by atoms with Gasteiger partial charge in [-0.05, 0) is 65.1 Å². The average molecular weight is 509 g/mol. The van der Waals surface area contributed by atoms with Crippen LogP contribution in [0.4, 0.5) is 4.39 Å². The van der Waals surface area contributed by atoms with E-state index in [2.05, 4.69) is 10.3 Å². The summed E-state index contributed by atoms with van der Waals surface area (Å²) < 4.78 is 35.5. The number of furan rings is 1. The van der Waals surface area contributed by atoms with Gasteiger partial charge in [0.15, 0.2) is 18.1 Å². The molecule has 1 aliphatic carbocycles. The summed E-state index contributed by atoms with van der Waals surface area (Å²) in [6, 6.07) is 8.16. The molecule has 0 saturated carbocycles. The number of carbonyl (C=O) groups excluding carboxylic acids is 1. The summed E-state index contributed by atoms with van der Waals surface area (Å²) in [4.78, 5) is 27.5. The third kappa shape index (κ3) is 5.64. The molecular weight excluding hydrogens is 483 g/mol. The van der Waals surface area contributed by atoms with Crippen LogP contribution in [0.5, 0.6) is 17.2 Å². The Morgan fingerprint density at radius 3 is 2.51 bits per heavy atom. The molecule has 1 aliphatic rings. The Labute approximate surface area is 212 Å². The van der Waals surface area contributed by atoms with Gasteiger partial charge in [-0.1, -0.05) is 0 Å². The van der Waals surface area contributed by atoms with Crippen molar-refractivity contribution in [3.63, 3.8) is 0 Å². The maximum absolute atomic E-state index is 14.1. The minimum absolute atomic E-state index is 0.0367. The maximum atomic E-state index is 14.1. The fourth-order valence-electron chi connectivity index (χ4n) is 4.12. The standard InChI is InChI=1S/C27H25FN2O7/c1-15-18(7-16-8-22(34-2)27(23(9-16)35-3)37-14-26(32)33)21-13-29-24(28)10-20(21)19(15)11-25(31)30-12-17-5-4-6-36-17/h4-10,13H,11-12,14H2,1-3H3,(H,30,31)(H,32,33)/b18-7-. The van der Waals surface area contributed by atoms with Crippen molar-refractivity contribution in [1.29, 1.82) is 0 Å². The van der Waals surface area contributed by atoms with Crippen LogP contribution < -0.4 is 19.5 Å². The number of rotatable bonds is 10. The van der Waals surface area contributed by atoms with Gasteiger partial charge in [0.05, 0.1) is 33.4 Å². The van der Waals surface area contributed by atoms with E-state index in [1.165, 1.54) is 32.7 Å². The van der Waals surface area contributed by atoms with Crippen LogP contribution in [0, 0.1) is 5.95 Å². The summed E-state index contributed by atoms with van der Waals surface area (Å²) in [7, 11) is 2.86. The van der Waals surface area contributed by atoms with E-state index < -0.39 is 18.5 Å². The highest BCUT2D eigenvalue weighted by Crippen LogP contribution is 2.45. The lowest BCUT2D eigenvalue weighted by Gasteiger charge is -2.15. The van der Waals surface area contributed by atoms with Crippen LogP contribution in [-0.2, 0) is 16.1 Å². The first-order valence-electron chi connectivity index (χ1n) is 11.3. The van der Waals surface area contributed by atoms with Gasteiger partial charge in [0.2, 0.25) is 17.6 Å². The highest BCUT2D eigenvalue weighted by molar-refractivity contribution is 6.08. The Hall–Kier alpha value is -4.60. The van der Waals surface area contributed by atoms with Gasteiger partial charge in [-0.3, -0.25) is 4.79 Å². The predicted molar refractivity (Wildman–Crippen MR) is 133 cm³/mol. The van der Waals surface area contributed by atoms with E-state index in [1.54, 1.807) is 24.3 Å². The molecule has 0 saturated heterocycles. The first-order valence-corrected chi connectivity index (χ1v) is 11.3. The van der Waals surface area contributed by atoms with Crippen LogP contribution in [0.25, 0.3) is 17.2 Å². The molecule has 37 heavy (non-hydrogen) atoms. The summed E-state index contributed by atoms with van der Waals surface area (Å²) >= 11 is 0. The second-order valence-electron chi connectivity index (χ2n) is 8.18. The number of allylic oxidation sites excluding steroid dienone is 2. The Balaban J connectivity index is 1.69. The molecule has 0 fully saturated rings. The van der Waals surface area contributed by atoms with Crippen molar-refractivity contribution in [1.82, 2.24) is 10.3 Å². The molecule has 0 unspecified atom stereocenters. The number of nitrogens with one attached hydrogen (secondary N) is 1. The van der Waals surface area contributed by atoms with Gasteiger partial charge in [0.25, 0.3) is 0 Å². The number of carboxylic acid groups (broad SMARTS) is 1. The van der Waals surface area contributed by atoms with Crippen molar-refractivity contribution in [2.75, 3.05) is 20.8 Å². The number of nitrogens with zero attached hydrogens (tertiary/aromatic N) is 1. The normalized spacial score (nSPS) is 13.5. The first-order chi connectivity index (χ1) is 17.8. The number of hydrogen-bond donors (Lipinski definition) is 2. The lowest BCUT2D eigenvalue weighted by atomic mass is 10.0. The second kappa shape index (κ2) is 11.0. The molecular formula is C27H25FN2O7. The SMILES string of the molecule is COc1cc(/C=C2/C(C)=C(CC(=O)NCc3ccco3)c3cc(F)ncc32)cc(OC)c1OCC(=O)O. The number of amides is 1. The predicted octanol–water partition coefficient (Wildman–Crippen LogP) is 4.33. The van der Waals surface area contributed by atoms with Gasteiger partial charge in [0, 0.05) is 17.8 Å². The minimum Gasteiger partial charge on any atom is -0.493 e. The zero-order valence-corrected chi connectivity index (χ0v) is 20.5. The molecule has 10 heteroatoms. The van der Waals surface area contributed by atoms with Gasteiger partial charge in [-0.25, -0.2) is 9.78 Å². The number of ether oxygens (including phenoxy) is 3. The summed E-state index contributed by atoms with van der Waals surface area (Å²) in [6.45, 7) is 1.54. The van der Waals surface area contributed by atoms with Crippen LogP contribution in [0.3, 0.4) is 0 Å². The molecule has 2 aromatic heterocycles. The zero-order valence-electron chi connectivity index (χ0n) is 20.5. The number of pyridine rings is 1. The third-order valence-electron chi connectivity index (χ3n) is 5.85. The molecule has 3 aromatic rings. The number of methoxy groups -OCH3 is 2. The van der Waals surface area contributed by atoms with E-state index in [0.717, 1.165) is 11.1 Å². The Bertz CT molecular complexity index is 1370. The molecule has 9 nitrogen and oxygen atoms in total. The summed E-state index contributed by atoms with van der Waals surface area (Å²) in [5.74, 6) is -0.683. The quantitative estimate of drug-likeness (QED) is 0.389. The highest BCUT2D eigenvalue weighted by Gasteiger charge is 2.27. The molecule has 0 bridgehead atoms. The zero-order chi connectivity index (χ0) is 26.5. The molecule has 2 heterocycles. The van der Waals surface area contributed by atoms with Crippen LogP contribution in [0.15, 0.2) is 52.8 Å². The van der Waals surface area contributed by atoms with E-state index in [-0.39, 0.29) is 36.1 Å². The fraction of sp³-hybridized carbons (Fsp3) is 0.222. The largest absolute Gasteiger partial charge is 0.493 e. The molecule has 1 aromatic carbocycles. The van der Waals surface area contributed by atoms with E-state index in [9.17, 15) is 14.0 Å². The number of halogens is 1. The molecule has 0 spiro atoms. The number of benzene rings is 1. The molecule has 0 aliphatic heterocycles. The monoisotopic (exact) mass is 508 g/mol. The van der Waals surface area contributed by atoms with Crippen molar-refractivity contribution in [2.45, 2.75) is 19.9 Å². The minimum atomic E-state index is -1.14. The van der Waals surface area contributed by atoms with Crippen LogP contribution in [-0.4, -0.2) is 42.8 Å². The van der Waals surface area contributed by atoms with Crippen molar-refractivity contribution in [2.24, 2.45) is 0 Å². The van der Waals surface area contributed by atoms with Crippen LogP contribution in [0.1, 0.15) is 35.8 Å². The van der Waals surface area contributed by atoms with Crippen molar-refractivity contribution in [3.05, 3.63) is 76.8 Å². The second-order valence-corrected chi connectivity index (χ2v) is 8.18. The maximum Gasteiger partial charge on any atom is 0.341 e. The number of aliphatic carboxylic acids is 1. The van der Waals surface area contributed by atoms with Crippen LogP contribution in [0.2, 0.25) is 0 Å². The van der Waals surface area contributed by atoms with Crippen molar-refractivity contribution >= 4 is 29.1 Å². The van der Waals surface area contributed by atoms with E-state index >= 15 is 0 Å². The summed E-state index contributed by atoms with van der Waals surface area (Å²) in [5, 5.41) is 11.8. The average Bonchev–Trinajstić information content (AvgIpc) is 3.48. The molecule has 2 N–H and O–H groups in total. The fourth-order valence-corrected chi connectivity index (χ4v) is 4.12. The number of aromatic nitrogens is 1. The summed E-state index contributed by atoms with van der Waals surface area (Å²) in [5.41, 5.74) is 4.14. The van der Waals surface area contributed by atoms with Gasteiger partial charge >= 0.3 is 5.97 Å². The Kier molecular flexibility index (Phi) is 7.57. The van der Waals surface area contributed by atoms with Gasteiger partial charge in [0.1, 0.15) is 5.76 Å². The Morgan fingerprint density at radius 1 is 1.16 bits per heavy atom. The highest BCUT2D eigenvalue weighted by atomic mass is 19.1. The molecule has 1 amide bonds. The third-order valence-corrected chi connectivity index (χ3v) is 5.85. The Morgan fingerprint density at radius 2 is 1.89 bits per heavy atom. The van der Waals surface area contributed by atoms with Crippen LogP contribution >= 0.6 is 0 Å². The van der Waals surface area contributed by atoms with Gasteiger partial charge < -0.3 is 29.1 Å². The molecule has 0 radical (unpaired) electrons. The number of carboxylic acids is 1. The topological polar surface area (TPSA) is 120 Å². The van der Waals surface area contributed by atoms with Crippen molar-refractivity contribution < 1.29 is 37.7 Å². The molecule has 192 valence electrons. The van der Waals surface area contributed by atoms with E-state index in [1.807, 2.05) is 13.0 Å². The lowest BCUT2D eigenvalue weighted by Crippen LogP contribution is -2.22. The van der Waals surface area contributed by atoms with E-state index in [0.29, 0.717) is 28.0 Å². The van der Waals surface area contributed by atoms with Crippen molar-refractivity contribution in [3.8, 4) is 17.2 Å². The lowest BCUT2D eigenvalue weighted by molar-refractivity contribution is -0.139. The first kappa shape index (κ1) is 25.5. The molecule has 0 atom stereocenters. The molecule has 4 rings (SSSR count). The number of carbonyl (C=O) groups is 2.